The highest BCUT2D eigenvalue weighted by molar-refractivity contribution is 5.83. The largest absolute Gasteiger partial charge is 0.0654 e. The van der Waals surface area contributed by atoms with E-state index in [0.29, 0.717) is 0 Å². The monoisotopic (exact) mass is 295 g/mol. The molecule has 0 unspecified atom stereocenters. The number of hydrogen-bond acceptors (Lipinski definition) is 0. The molecule has 0 spiro atoms. The van der Waals surface area contributed by atoms with Crippen LogP contribution in [0.3, 0.4) is 0 Å². The number of unbranched alkanes of at least 4 members (excludes halogenated alkanes) is 6. The third-order valence-corrected chi connectivity index (χ3v) is 4.54. The molecule has 0 saturated carbocycles. The molecule has 0 heterocycles. The minimum Gasteiger partial charge on any atom is -0.0654 e. The van der Waals surface area contributed by atoms with E-state index in [-0.39, 0.29) is 0 Å². The van der Waals surface area contributed by atoms with Crippen LogP contribution in [0.2, 0.25) is 0 Å². The Morgan fingerprint density at radius 2 is 1.45 bits per heavy atom. The molecule has 2 rings (SSSR count). The predicted molar refractivity (Wildman–Crippen MR) is 98.5 cm³/mol. The average Bonchev–Trinajstić information content (AvgIpc) is 2.55. The van der Waals surface area contributed by atoms with E-state index >= 15 is 0 Å². The van der Waals surface area contributed by atoms with Crippen molar-refractivity contribution in [1.82, 2.24) is 0 Å². The molecular weight excluding hydrogens is 264 g/mol. The third-order valence-electron chi connectivity index (χ3n) is 4.54. The van der Waals surface area contributed by atoms with Crippen molar-refractivity contribution in [1.29, 1.82) is 0 Å². The van der Waals surface area contributed by atoms with E-state index in [1.54, 1.807) is 5.56 Å². The van der Waals surface area contributed by atoms with Gasteiger partial charge in [-0.05, 0) is 53.6 Å². The first-order valence-corrected chi connectivity index (χ1v) is 9.28. The van der Waals surface area contributed by atoms with Gasteiger partial charge in [-0.1, -0.05) is 82.7 Å². The molecule has 0 aliphatic carbocycles. The zero-order valence-corrected chi connectivity index (χ0v) is 14.5. The lowest BCUT2D eigenvalue weighted by Crippen LogP contribution is -1.97. The Bertz CT molecular complexity index is 502. The molecule has 1 radical (unpaired) electrons. The Hall–Kier alpha value is -1.30. The lowest BCUT2D eigenvalue weighted by atomic mass is 9.93. The van der Waals surface area contributed by atoms with Gasteiger partial charge in [-0.15, -0.1) is 0 Å². The molecule has 0 aromatic heterocycles. The van der Waals surface area contributed by atoms with Crippen LogP contribution in [0.15, 0.2) is 30.3 Å². The molecular formula is C22H31. The Morgan fingerprint density at radius 1 is 0.773 bits per heavy atom. The second-order valence-corrected chi connectivity index (χ2v) is 6.48. The van der Waals surface area contributed by atoms with E-state index in [2.05, 4.69) is 50.2 Å². The second kappa shape index (κ2) is 9.66. The SMILES string of the molecule is CCCCCCc1[c]c2ccccc2cc1CCCCCC. The molecule has 0 atom stereocenters. The summed E-state index contributed by atoms with van der Waals surface area (Å²) in [5.41, 5.74) is 3.03. The standard InChI is InChI=1S/C22H31/c1-3-5-7-9-13-19-17-21-15-11-12-16-22(21)18-20(19)14-10-8-6-4-2/h11-12,15-17H,3-10,13-14H2,1-2H3. The molecule has 0 nitrogen and oxygen atoms in total. The van der Waals surface area contributed by atoms with Gasteiger partial charge in [-0.2, -0.15) is 0 Å². The molecule has 2 aromatic carbocycles. The summed E-state index contributed by atoms with van der Waals surface area (Å²) in [6, 6.07) is 14.8. The number of rotatable bonds is 10. The summed E-state index contributed by atoms with van der Waals surface area (Å²) in [5.74, 6) is 0. The van der Waals surface area contributed by atoms with E-state index in [0.717, 1.165) is 0 Å². The van der Waals surface area contributed by atoms with Crippen LogP contribution < -0.4 is 0 Å². The maximum absolute atomic E-state index is 3.71. The van der Waals surface area contributed by atoms with Crippen LogP contribution in [-0.4, -0.2) is 0 Å². The Morgan fingerprint density at radius 3 is 2.18 bits per heavy atom. The lowest BCUT2D eigenvalue weighted by Gasteiger charge is -2.11. The van der Waals surface area contributed by atoms with Crippen LogP contribution in [0.1, 0.15) is 76.3 Å². The van der Waals surface area contributed by atoms with E-state index < -0.39 is 0 Å². The lowest BCUT2D eigenvalue weighted by molar-refractivity contribution is 0.651. The molecule has 0 aliphatic rings. The molecule has 22 heavy (non-hydrogen) atoms. The number of aryl methyl sites for hydroxylation is 2. The zero-order chi connectivity index (χ0) is 15.6. The first-order chi connectivity index (χ1) is 10.8. The van der Waals surface area contributed by atoms with Gasteiger partial charge < -0.3 is 0 Å². The van der Waals surface area contributed by atoms with Crippen molar-refractivity contribution in [2.24, 2.45) is 0 Å². The summed E-state index contributed by atoms with van der Waals surface area (Å²) in [6.45, 7) is 4.56. The van der Waals surface area contributed by atoms with Crippen LogP contribution in [0, 0.1) is 6.07 Å². The van der Waals surface area contributed by atoms with Gasteiger partial charge in [0.05, 0.1) is 0 Å². The maximum Gasteiger partial charge on any atom is -0.00614 e. The summed E-state index contributed by atoms with van der Waals surface area (Å²) >= 11 is 0. The van der Waals surface area contributed by atoms with Crippen molar-refractivity contribution >= 4 is 10.8 Å². The number of fused-ring (bicyclic) bond motifs is 1. The van der Waals surface area contributed by atoms with Crippen molar-refractivity contribution < 1.29 is 0 Å². The topological polar surface area (TPSA) is 0 Å². The van der Waals surface area contributed by atoms with Gasteiger partial charge in [-0.3, -0.25) is 0 Å². The summed E-state index contributed by atoms with van der Waals surface area (Å²) < 4.78 is 0. The van der Waals surface area contributed by atoms with Crippen LogP contribution in [-0.2, 0) is 12.8 Å². The number of hydrogen-bond donors (Lipinski definition) is 0. The quantitative estimate of drug-likeness (QED) is 0.419. The van der Waals surface area contributed by atoms with E-state index in [9.17, 15) is 0 Å². The van der Waals surface area contributed by atoms with Crippen LogP contribution in [0.25, 0.3) is 10.8 Å². The summed E-state index contributed by atoms with van der Waals surface area (Å²) in [6.07, 6.45) is 13.1. The van der Waals surface area contributed by atoms with Crippen LogP contribution in [0.4, 0.5) is 0 Å². The molecule has 0 aliphatic heterocycles. The van der Waals surface area contributed by atoms with Gasteiger partial charge in [0.2, 0.25) is 0 Å². The average molecular weight is 295 g/mol. The summed E-state index contributed by atoms with van der Waals surface area (Å²) in [5, 5.41) is 2.63. The highest BCUT2D eigenvalue weighted by Gasteiger charge is 2.06. The molecule has 0 N–H and O–H groups in total. The number of benzene rings is 2. The van der Waals surface area contributed by atoms with Crippen molar-refractivity contribution in [2.45, 2.75) is 78.1 Å². The molecule has 0 fully saturated rings. The highest BCUT2D eigenvalue weighted by atomic mass is 14.1. The highest BCUT2D eigenvalue weighted by Crippen LogP contribution is 2.23. The van der Waals surface area contributed by atoms with Gasteiger partial charge in [-0.25, -0.2) is 0 Å². The smallest absolute Gasteiger partial charge is 0.00614 e. The Labute approximate surface area is 136 Å². The molecule has 0 bridgehead atoms. The third kappa shape index (κ3) is 5.16. The van der Waals surface area contributed by atoms with Crippen molar-refractivity contribution in [3.8, 4) is 0 Å². The van der Waals surface area contributed by atoms with Gasteiger partial charge in [0, 0.05) is 0 Å². The van der Waals surface area contributed by atoms with Gasteiger partial charge in [0.15, 0.2) is 0 Å². The Balaban J connectivity index is 2.09. The molecule has 2 aromatic rings. The minimum absolute atomic E-state index is 1.20. The van der Waals surface area contributed by atoms with Gasteiger partial charge >= 0.3 is 0 Å². The van der Waals surface area contributed by atoms with Crippen molar-refractivity contribution in [2.75, 3.05) is 0 Å². The first kappa shape index (κ1) is 17.1. The molecule has 0 saturated heterocycles. The van der Waals surface area contributed by atoms with Crippen LogP contribution in [0.5, 0.6) is 0 Å². The fourth-order valence-corrected chi connectivity index (χ4v) is 3.17. The fraction of sp³-hybridized carbons (Fsp3) is 0.545. The van der Waals surface area contributed by atoms with Crippen LogP contribution >= 0.6 is 0 Å². The van der Waals surface area contributed by atoms with Gasteiger partial charge in [0.25, 0.3) is 0 Å². The first-order valence-electron chi connectivity index (χ1n) is 9.28. The fourth-order valence-electron chi connectivity index (χ4n) is 3.17. The molecule has 119 valence electrons. The molecule has 0 heteroatoms. The van der Waals surface area contributed by atoms with E-state index in [1.807, 2.05) is 0 Å². The zero-order valence-electron chi connectivity index (χ0n) is 14.5. The van der Waals surface area contributed by atoms with E-state index in [4.69, 9.17) is 0 Å². The second-order valence-electron chi connectivity index (χ2n) is 6.48. The predicted octanol–water partition coefficient (Wildman–Crippen LogP) is 6.89. The van der Waals surface area contributed by atoms with Crippen molar-refractivity contribution in [3.05, 3.63) is 47.5 Å². The maximum atomic E-state index is 3.71. The summed E-state index contributed by atoms with van der Waals surface area (Å²) in [4.78, 5) is 0. The minimum atomic E-state index is 1.20. The summed E-state index contributed by atoms with van der Waals surface area (Å²) in [7, 11) is 0. The van der Waals surface area contributed by atoms with Crippen molar-refractivity contribution in [3.63, 3.8) is 0 Å². The van der Waals surface area contributed by atoms with E-state index in [1.165, 1.54) is 80.5 Å². The Kier molecular flexibility index (Phi) is 7.49. The van der Waals surface area contributed by atoms with Gasteiger partial charge in [0.1, 0.15) is 0 Å². The molecule has 0 amide bonds. The normalized spacial score (nSPS) is 11.2.